The smallest absolute Gasteiger partial charge is 0.145 e. The molecule has 0 aliphatic rings. The van der Waals surface area contributed by atoms with Crippen molar-refractivity contribution in [2.45, 2.75) is 0 Å². The van der Waals surface area contributed by atoms with E-state index < -0.39 is 0 Å². The molecule has 106 valence electrons. The van der Waals surface area contributed by atoms with Gasteiger partial charge in [0.15, 0.2) is 0 Å². The van der Waals surface area contributed by atoms with Crippen molar-refractivity contribution < 1.29 is 4.74 Å². The van der Waals surface area contributed by atoms with Crippen LogP contribution in [0.5, 0.6) is 5.75 Å². The Morgan fingerprint density at radius 2 is 1.86 bits per heavy atom. The van der Waals surface area contributed by atoms with E-state index in [0.29, 0.717) is 10.6 Å². The quantitative estimate of drug-likeness (QED) is 0.298. The molecule has 0 atom stereocenters. The summed E-state index contributed by atoms with van der Waals surface area (Å²) in [6.07, 6.45) is 1.84. The van der Waals surface area contributed by atoms with Crippen LogP contribution >= 0.6 is 56.8 Å². The third kappa shape index (κ3) is 3.90. The lowest BCUT2D eigenvalue weighted by molar-refractivity contribution is 0.409. The highest BCUT2D eigenvalue weighted by Gasteiger charge is 2.09. The Labute approximate surface area is 156 Å². The highest BCUT2D eigenvalue weighted by molar-refractivity contribution is 14.1. The second-order valence-corrected chi connectivity index (χ2v) is 6.90. The van der Waals surface area contributed by atoms with Crippen LogP contribution in [0.15, 0.2) is 36.4 Å². The third-order valence-electron chi connectivity index (χ3n) is 2.82. The van der Waals surface area contributed by atoms with Gasteiger partial charge in [0.2, 0.25) is 0 Å². The molecular formula is C16H10ClI2NO. The average Bonchev–Trinajstić information content (AvgIpc) is 2.45. The maximum Gasteiger partial charge on any atom is 0.145 e. The second-order valence-electron chi connectivity index (χ2n) is 4.17. The number of nitrogens with zero attached hydrogens (tertiary/aromatic N) is 1. The van der Waals surface area contributed by atoms with Gasteiger partial charge in [0, 0.05) is 10.6 Å². The van der Waals surface area contributed by atoms with Crippen LogP contribution < -0.4 is 4.74 Å². The number of benzene rings is 2. The molecule has 0 aliphatic carbocycles. The summed E-state index contributed by atoms with van der Waals surface area (Å²) in [7, 11) is 1.65. The molecule has 0 saturated heterocycles. The van der Waals surface area contributed by atoms with Crippen molar-refractivity contribution in [2.24, 2.45) is 0 Å². The summed E-state index contributed by atoms with van der Waals surface area (Å²) in [6, 6.07) is 13.5. The summed E-state index contributed by atoms with van der Waals surface area (Å²) in [5.74, 6) is 0.851. The van der Waals surface area contributed by atoms with E-state index in [1.54, 1.807) is 13.2 Å². The van der Waals surface area contributed by atoms with Gasteiger partial charge in [0.25, 0.3) is 0 Å². The predicted octanol–water partition coefficient (Wildman–Crippen LogP) is 5.62. The summed E-state index contributed by atoms with van der Waals surface area (Å²) in [5.41, 5.74) is 2.22. The van der Waals surface area contributed by atoms with Gasteiger partial charge in [0.05, 0.1) is 25.9 Å². The molecule has 0 bridgehead atoms. The van der Waals surface area contributed by atoms with E-state index in [1.165, 1.54) is 0 Å². The molecule has 2 aromatic carbocycles. The number of hydrogen-bond donors (Lipinski definition) is 0. The summed E-state index contributed by atoms with van der Waals surface area (Å²) in [4.78, 5) is 0. The molecule has 0 saturated carbocycles. The van der Waals surface area contributed by atoms with E-state index in [0.717, 1.165) is 24.0 Å². The van der Waals surface area contributed by atoms with E-state index >= 15 is 0 Å². The maximum absolute atomic E-state index is 9.40. The Kier molecular flexibility index (Phi) is 5.90. The van der Waals surface area contributed by atoms with Gasteiger partial charge in [-0.1, -0.05) is 29.8 Å². The first-order valence-electron chi connectivity index (χ1n) is 5.96. The fraction of sp³-hybridized carbons (Fsp3) is 0.0625. The molecule has 0 heterocycles. The molecule has 0 fully saturated rings. The van der Waals surface area contributed by atoms with Gasteiger partial charge in [0.1, 0.15) is 5.75 Å². The molecule has 0 spiro atoms. The fourth-order valence-electron chi connectivity index (χ4n) is 1.87. The molecule has 2 nitrogen and oxygen atoms in total. The molecule has 0 N–H and O–H groups in total. The number of hydrogen-bond acceptors (Lipinski definition) is 2. The highest BCUT2D eigenvalue weighted by Crippen LogP contribution is 2.31. The van der Waals surface area contributed by atoms with Crippen molar-refractivity contribution in [2.75, 3.05) is 7.11 Å². The Bertz CT molecular complexity index is 727. The third-order valence-corrected chi connectivity index (χ3v) is 4.75. The minimum absolute atomic E-state index is 0.539. The number of allylic oxidation sites excluding steroid dienone is 1. The van der Waals surface area contributed by atoms with Crippen LogP contribution in [0.1, 0.15) is 11.1 Å². The summed E-state index contributed by atoms with van der Waals surface area (Å²) in [5, 5.41) is 9.97. The molecule has 2 aromatic rings. The van der Waals surface area contributed by atoms with Crippen molar-refractivity contribution >= 4 is 68.4 Å². The molecule has 0 aromatic heterocycles. The first-order chi connectivity index (χ1) is 10.1. The van der Waals surface area contributed by atoms with Crippen molar-refractivity contribution in [3.63, 3.8) is 0 Å². The standard InChI is InChI=1S/C16H10ClI2NO/c1-21-16-14(18)7-10(8-15(16)19)6-11(9-20)12-4-2-3-5-13(12)17/h2-8H,1H3. The predicted molar refractivity (Wildman–Crippen MR) is 103 cm³/mol. The van der Waals surface area contributed by atoms with Gasteiger partial charge >= 0.3 is 0 Å². The molecule has 21 heavy (non-hydrogen) atoms. The van der Waals surface area contributed by atoms with Crippen LogP contribution in [0.2, 0.25) is 5.02 Å². The molecule has 0 amide bonds. The van der Waals surface area contributed by atoms with Crippen LogP contribution in [0, 0.1) is 18.5 Å². The number of methoxy groups -OCH3 is 1. The van der Waals surface area contributed by atoms with Crippen molar-refractivity contribution in [3.8, 4) is 11.8 Å². The van der Waals surface area contributed by atoms with Gasteiger partial charge in [-0.15, -0.1) is 0 Å². The first kappa shape index (κ1) is 16.6. The van der Waals surface area contributed by atoms with E-state index in [9.17, 15) is 5.26 Å². The summed E-state index contributed by atoms with van der Waals surface area (Å²) >= 11 is 10.6. The van der Waals surface area contributed by atoms with Gasteiger partial charge in [-0.25, -0.2) is 0 Å². The van der Waals surface area contributed by atoms with Gasteiger partial charge in [-0.3, -0.25) is 0 Å². The minimum atomic E-state index is 0.539. The fourth-order valence-corrected chi connectivity index (χ4v) is 4.37. The van der Waals surface area contributed by atoms with E-state index in [2.05, 4.69) is 51.3 Å². The largest absolute Gasteiger partial charge is 0.495 e. The Hall–Kier alpha value is -0.780. The molecule has 0 aliphatic heterocycles. The van der Waals surface area contributed by atoms with Crippen molar-refractivity contribution in [1.82, 2.24) is 0 Å². The highest BCUT2D eigenvalue weighted by atomic mass is 127. The van der Waals surface area contributed by atoms with Crippen LogP contribution in [0.3, 0.4) is 0 Å². The van der Waals surface area contributed by atoms with Crippen molar-refractivity contribution in [1.29, 1.82) is 5.26 Å². The molecule has 5 heteroatoms. The van der Waals surface area contributed by atoms with E-state index in [1.807, 2.05) is 36.4 Å². The van der Waals surface area contributed by atoms with Crippen LogP contribution in [0.25, 0.3) is 11.6 Å². The first-order valence-corrected chi connectivity index (χ1v) is 8.50. The van der Waals surface area contributed by atoms with Gasteiger partial charge in [-0.05, 0) is 75.0 Å². The zero-order chi connectivity index (χ0) is 15.4. The van der Waals surface area contributed by atoms with Gasteiger partial charge < -0.3 is 4.74 Å². The zero-order valence-electron chi connectivity index (χ0n) is 11.0. The zero-order valence-corrected chi connectivity index (χ0v) is 16.1. The molecule has 0 unspecified atom stereocenters. The van der Waals surface area contributed by atoms with Crippen LogP contribution in [0.4, 0.5) is 0 Å². The molecule has 0 radical (unpaired) electrons. The number of nitriles is 1. The van der Waals surface area contributed by atoms with Crippen molar-refractivity contribution in [3.05, 3.63) is 59.7 Å². The maximum atomic E-state index is 9.40. The lowest BCUT2D eigenvalue weighted by atomic mass is 10.0. The SMILES string of the molecule is COc1c(I)cc(C=C(C#N)c2ccccc2Cl)cc1I. The minimum Gasteiger partial charge on any atom is -0.495 e. The molecule has 2 rings (SSSR count). The Morgan fingerprint density at radius 1 is 1.24 bits per heavy atom. The summed E-state index contributed by atoms with van der Waals surface area (Å²) in [6.45, 7) is 0. The monoisotopic (exact) mass is 521 g/mol. The van der Waals surface area contributed by atoms with E-state index in [4.69, 9.17) is 16.3 Å². The van der Waals surface area contributed by atoms with Crippen LogP contribution in [-0.4, -0.2) is 7.11 Å². The van der Waals surface area contributed by atoms with E-state index in [-0.39, 0.29) is 0 Å². The lowest BCUT2D eigenvalue weighted by Gasteiger charge is -2.08. The average molecular weight is 522 g/mol. The number of rotatable bonds is 3. The summed E-state index contributed by atoms with van der Waals surface area (Å²) < 4.78 is 7.35. The number of halogens is 3. The Morgan fingerprint density at radius 3 is 2.38 bits per heavy atom. The Balaban J connectivity index is 2.52. The lowest BCUT2D eigenvalue weighted by Crippen LogP contribution is -1.92. The normalized spacial score (nSPS) is 11.1. The van der Waals surface area contributed by atoms with Gasteiger partial charge in [-0.2, -0.15) is 5.26 Å². The second kappa shape index (κ2) is 7.47. The van der Waals surface area contributed by atoms with Crippen LogP contribution in [-0.2, 0) is 0 Å². The molecular weight excluding hydrogens is 511 g/mol. The topological polar surface area (TPSA) is 33.0 Å². The number of ether oxygens (including phenoxy) is 1.